The number of hydrogen-bond acceptors (Lipinski definition) is 4. The molecule has 1 aromatic heterocycles. The number of halogens is 1. The molecule has 1 aromatic carbocycles. The van der Waals surface area contributed by atoms with Crippen LogP contribution in [0.4, 0.5) is 0 Å². The van der Waals surface area contributed by atoms with Gasteiger partial charge in [0.1, 0.15) is 5.75 Å². The van der Waals surface area contributed by atoms with Crippen LogP contribution in [-0.2, 0) is 0 Å². The first-order chi connectivity index (χ1) is 10.7. The molecule has 1 aliphatic rings. The molecular formula is C16H21ClN4O2. The summed E-state index contributed by atoms with van der Waals surface area (Å²) in [5.74, 6) is 0.752. The lowest BCUT2D eigenvalue weighted by Gasteiger charge is -2.22. The Kier molecular flexibility index (Phi) is 5.63. The lowest BCUT2D eigenvalue weighted by atomic mass is 10.2. The Morgan fingerprint density at radius 2 is 2.09 bits per heavy atom. The van der Waals surface area contributed by atoms with Crippen LogP contribution >= 0.6 is 12.4 Å². The molecule has 1 unspecified atom stereocenters. The summed E-state index contributed by atoms with van der Waals surface area (Å²) in [6, 6.07) is 9.56. The quantitative estimate of drug-likeness (QED) is 0.924. The molecule has 0 radical (unpaired) electrons. The largest absolute Gasteiger partial charge is 0.497 e. The molecule has 0 aliphatic carbocycles. The number of nitrogens with one attached hydrogen (secondary N) is 1. The summed E-state index contributed by atoms with van der Waals surface area (Å²) in [6.45, 7) is 1.81. The van der Waals surface area contributed by atoms with Crippen LogP contribution in [0.25, 0.3) is 5.69 Å². The summed E-state index contributed by atoms with van der Waals surface area (Å²) in [5.41, 5.74) is 1.36. The van der Waals surface area contributed by atoms with Crippen molar-refractivity contribution in [3.8, 4) is 11.4 Å². The highest BCUT2D eigenvalue weighted by molar-refractivity contribution is 5.92. The summed E-state index contributed by atoms with van der Waals surface area (Å²) >= 11 is 0. The molecule has 6 nitrogen and oxygen atoms in total. The number of carbonyl (C=O) groups excluding carboxylic acids is 1. The summed E-state index contributed by atoms with van der Waals surface area (Å²) in [5, 5.41) is 7.66. The summed E-state index contributed by atoms with van der Waals surface area (Å²) in [4.78, 5) is 14.3. The Hall–Kier alpha value is -2.05. The standard InChI is InChI=1S/C16H20N4O2.ClH/c1-19(13-7-9-17-11-13)16(21)15-8-10-20(18-15)12-3-5-14(22-2)6-4-12;/h3-6,8,10,13,17H,7,9,11H2,1-2H3;1H. The van der Waals surface area contributed by atoms with Gasteiger partial charge in [-0.15, -0.1) is 12.4 Å². The second-order valence-corrected chi connectivity index (χ2v) is 5.41. The smallest absolute Gasteiger partial charge is 0.274 e. The van der Waals surface area contributed by atoms with E-state index in [1.54, 1.807) is 29.0 Å². The van der Waals surface area contributed by atoms with Crippen molar-refractivity contribution < 1.29 is 9.53 Å². The highest BCUT2D eigenvalue weighted by Gasteiger charge is 2.25. The number of hydrogen-bond donors (Lipinski definition) is 1. The van der Waals surface area contributed by atoms with E-state index in [1.165, 1.54) is 0 Å². The highest BCUT2D eigenvalue weighted by Crippen LogP contribution is 2.15. The van der Waals surface area contributed by atoms with Gasteiger partial charge in [0.25, 0.3) is 5.91 Å². The van der Waals surface area contributed by atoms with Crippen molar-refractivity contribution in [3.05, 3.63) is 42.2 Å². The zero-order chi connectivity index (χ0) is 15.5. The molecule has 2 aromatic rings. The predicted molar refractivity (Wildman–Crippen MR) is 90.7 cm³/mol. The first-order valence-corrected chi connectivity index (χ1v) is 7.37. The molecule has 1 atom stereocenters. The maximum absolute atomic E-state index is 12.5. The van der Waals surface area contributed by atoms with Crippen molar-refractivity contribution >= 4 is 18.3 Å². The molecule has 23 heavy (non-hydrogen) atoms. The lowest BCUT2D eigenvalue weighted by Crippen LogP contribution is -2.38. The van der Waals surface area contributed by atoms with Gasteiger partial charge in [-0.3, -0.25) is 4.79 Å². The van der Waals surface area contributed by atoms with E-state index < -0.39 is 0 Å². The number of carbonyl (C=O) groups is 1. The van der Waals surface area contributed by atoms with Gasteiger partial charge in [-0.25, -0.2) is 4.68 Å². The monoisotopic (exact) mass is 336 g/mol. The van der Waals surface area contributed by atoms with Crippen molar-refractivity contribution in [1.29, 1.82) is 0 Å². The van der Waals surface area contributed by atoms with E-state index in [9.17, 15) is 4.79 Å². The number of aromatic nitrogens is 2. The van der Waals surface area contributed by atoms with E-state index in [-0.39, 0.29) is 24.4 Å². The fourth-order valence-electron chi connectivity index (χ4n) is 2.63. The SMILES string of the molecule is COc1ccc(-n2ccc(C(=O)N(C)C3CCNC3)n2)cc1.Cl. The average Bonchev–Trinajstić information content (AvgIpc) is 3.25. The van der Waals surface area contributed by atoms with E-state index in [4.69, 9.17) is 4.74 Å². The van der Waals surface area contributed by atoms with Gasteiger partial charge >= 0.3 is 0 Å². The average molecular weight is 337 g/mol. The Labute approximate surface area is 141 Å². The molecule has 1 aliphatic heterocycles. The fourth-order valence-corrected chi connectivity index (χ4v) is 2.63. The molecule has 7 heteroatoms. The number of amides is 1. The first-order valence-electron chi connectivity index (χ1n) is 7.37. The van der Waals surface area contributed by atoms with Crippen molar-refractivity contribution in [2.75, 3.05) is 27.2 Å². The van der Waals surface area contributed by atoms with Crippen molar-refractivity contribution in [2.24, 2.45) is 0 Å². The fraction of sp³-hybridized carbons (Fsp3) is 0.375. The highest BCUT2D eigenvalue weighted by atomic mass is 35.5. The molecule has 3 rings (SSSR count). The number of ether oxygens (including phenoxy) is 1. The Morgan fingerprint density at radius 3 is 2.70 bits per heavy atom. The zero-order valence-electron chi connectivity index (χ0n) is 13.2. The van der Waals surface area contributed by atoms with Crippen molar-refractivity contribution in [3.63, 3.8) is 0 Å². The molecule has 1 fully saturated rings. The number of likely N-dealkylation sites (N-methyl/N-ethyl adjacent to an activating group) is 1. The molecule has 2 heterocycles. The topological polar surface area (TPSA) is 59.4 Å². The molecular weight excluding hydrogens is 316 g/mol. The van der Waals surface area contributed by atoms with Crippen LogP contribution in [0.5, 0.6) is 5.75 Å². The van der Waals surface area contributed by atoms with Gasteiger partial charge in [0.2, 0.25) is 0 Å². The van der Waals surface area contributed by atoms with Gasteiger partial charge in [0, 0.05) is 25.8 Å². The summed E-state index contributed by atoms with van der Waals surface area (Å²) < 4.78 is 6.84. The Bertz CT molecular complexity index is 650. The van der Waals surface area contributed by atoms with Crippen LogP contribution in [0.3, 0.4) is 0 Å². The van der Waals surface area contributed by atoms with E-state index in [0.29, 0.717) is 5.69 Å². The molecule has 0 bridgehead atoms. The van der Waals surface area contributed by atoms with Crippen molar-refractivity contribution in [1.82, 2.24) is 20.0 Å². The van der Waals surface area contributed by atoms with E-state index in [2.05, 4.69) is 10.4 Å². The number of nitrogens with zero attached hydrogens (tertiary/aromatic N) is 3. The summed E-state index contributed by atoms with van der Waals surface area (Å²) in [6.07, 6.45) is 2.79. The van der Waals surface area contributed by atoms with Gasteiger partial charge < -0.3 is 15.0 Å². The molecule has 1 saturated heterocycles. The maximum Gasteiger partial charge on any atom is 0.274 e. The second-order valence-electron chi connectivity index (χ2n) is 5.41. The molecule has 0 spiro atoms. The number of benzene rings is 1. The van der Waals surface area contributed by atoms with E-state index in [1.807, 2.05) is 31.3 Å². The normalized spacial score (nSPS) is 16.7. The van der Waals surface area contributed by atoms with Crippen molar-refractivity contribution in [2.45, 2.75) is 12.5 Å². The predicted octanol–water partition coefficient (Wildman–Crippen LogP) is 1.74. The molecule has 124 valence electrons. The minimum Gasteiger partial charge on any atom is -0.497 e. The molecule has 1 N–H and O–H groups in total. The number of methoxy groups -OCH3 is 1. The minimum atomic E-state index is -0.0408. The zero-order valence-corrected chi connectivity index (χ0v) is 14.0. The van der Waals surface area contributed by atoms with Crippen LogP contribution in [0.1, 0.15) is 16.9 Å². The van der Waals surface area contributed by atoms with Gasteiger partial charge in [0.05, 0.1) is 12.8 Å². The third-order valence-corrected chi connectivity index (χ3v) is 4.05. The van der Waals surface area contributed by atoms with Gasteiger partial charge in [0.15, 0.2) is 5.69 Å². The lowest BCUT2D eigenvalue weighted by molar-refractivity contribution is 0.0737. The third kappa shape index (κ3) is 3.65. The van der Waals surface area contributed by atoms with Gasteiger partial charge in [-0.1, -0.05) is 0 Å². The molecule has 0 saturated carbocycles. The van der Waals surface area contributed by atoms with Crippen LogP contribution in [-0.4, -0.2) is 53.9 Å². The molecule has 1 amide bonds. The van der Waals surface area contributed by atoms with Gasteiger partial charge in [-0.2, -0.15) is 5.10 Å². The second kappa shape index (κ2) is 7.48. The summed E-state index contributed by atoms with van der Waals surface area (Å²) in [7, 11) is 3.47. The van der Waals surface area contributed by atoms with Crippen LogP contribution in [0.15, 0.2) is 36.5 Å². The third-order valence-electron chi connectivity index (χ3n) is 4.05. The van der Waals surface area contributed by atoms with Gasteiger partial charge in [-0.05, 0) is 43.3 Å². The van der Waals surface area contributed by atoms with Crippen LogP contribution in [0, 0.1) is 0 Å². The minimum absolute atomic E-state index is 0. The first kappa shape index (κ1) is 17.3. The Balaban J connectivity index is 0.00000192. The van der Waals surface area contributed by atoms with E-state index in [0.717, 1.165) is 30.9 Å². The van der Waals surface area contributed by atoms with Crippen LogP contribution in [0.2, 0.25) is 0 Å². The van der Waals surface area contributed by atoms with E-state index >= 15 is 0 Å². The maximum atomic E-state index is 12.5. The number of rotatable bonds is 4. The Morgan fingerprint density at radius 1 is 1.35 bits per heavy atom. The van der Waals surface area contributed by atoms with Crippen LogP contribution < -0.4 is 10.1 Å².